The lowest BCUT2D eigenvalue weighted by Gasteiger charge is -2.37. The molecular formula is C19H40IN3O2S. The summed E-state index contributed by atoms with van der Waals surface area (Å²) in [6.45, 7) is 12.4. The maximum atomic E-state index is 10.8. The fourth-order valence-electron chi connectivity index (χ4n) is 3.45. The highest BCUT2D eigenvalue weighted by Crippen LogP contribution is 2.34. The Morgan fingerprint density at radius 3 is 2.23 bits per heavy atom. The maximum Gasteiger partial charge on any atom is 0.191 e. The summed E-state index contributed by atoms with van der Waals surface area (Å²) in [7, 11) is 0. The molecule has 0 radical (unpaired) electrons. The minimum absolute atomic E-state index is 0. The van der Waals surface area contributed by atoms with E-state index >= 15 is 0 Å². The van der Waals surface area contributed by atoms with Crippen LogP contribution in [0.3, 0.4) is 0 Å². The Kier molecular flexibility index (Phi) is 14.4. The van der Waals surface area contributed by atoms with Crippen LogP contribution in [0.25, 0.3) is 0 Å². The topological polar surface area (TPSA) is 65.9 Å². The van der Waals surface area contributed by atoms with Crippen molar-refractivity contribution < 1.29 is 9.84 Å². The average Bonchev–Trinajstić information content (AvgIpc) is 2.59. The van der Waals surface area contributed by atoms with Crippen LogP contribution in [0.15, 0.2) is 4.99 Å². The molecule has 0 atom stereocenters. The van der Waals surface area contributed by atoms with E-state index in [1.807, 2.05) is 11.8 Å². The zero-order valence-electron chi connectivity index (χ0n) is 17.1. The first-order valence-corrected chi connectivity index (χ1v) is 11.0. The van der Waals surface area contributed by atoms with Crippen molar-refractivity contribution in [1.29, 1.82) is 0 Å². The summed E-state index contributed by atoms with van der Waals surface area (Å²) in [6.07, 6.45) is 5.72. The summed E-state index contributed by atoms with van der Waals surface area (Å²) in [5.41, 5.74) is -0.680. The molecule has 3 N–H and O–H groups in total. The molecule has 0 aromatic rings. The molecular weight excluding hydrogens is 461 g/mol. The Morgan fingerprint density at radius 1 is 1.12 bits per heavy atom. The van der Waals surface area contributed by atoms with Crippen LogP contribution in [0.2, 0.25) is 0 Å². The number of ether oxygens (including phenoxy) is 1. The molecule has 1 fully saturated rings. The highest BCUT2D eigenvalue weighted by atomic mass is 127. The molecule has 0 amide bonds. The number of halogens is 1. The zero-order valence-corrected chi connectivity index (χ0v) is 20.3. The Bertz CT molecular complexity index is 379. The van der Waals surface area contributed by atoms with Gasteiger partial charge < -0.3 is 20.5 Å². The van der Waals surface area contributed by atoms with E-state index in [0.29, 0.717) is 6.54 Å². The van der Waals surface area contributed by atoms with Crippen LogP contribution in [0.5, 0.6) is 0 Å². The van der Waals surface area contributed by atoms with Crippen molar-refractivity contribution in [2.75, 3.05) is 38.6 Å². The summed E-state index contributed by atoms with van der Waals surface area (Å²) in [5, 5.41) is 17.6. The molecule has 5 nitrogen and oxygen atoms in total. The molecule has 0 bridgehead atoms. The second-order valence-electron chi connectivity index (χ2n) is 7.00. The van der Waals surface area contributed by atoms with Crippen molar-refractivity contribution in [3.63, 3.8) is 0 Å². The van der Waals surface area contributed by atoms with Gasteiger partial charge in [0.05, 0.1) is 12.1 Å². The molecule has 0 spiro atoms. The van der Waals surface area contributed by atoms with Crippen molar-refractivity contribution in [2.24, 2.45) is 4.99 Å². The van der Waals surface area contributed by atoms with Gasteiger partial charge in [-0.05, 0) is 38.4 Å². The van der Waals surface area contributed by atoms with Crippen molar-refractivity contribution in [1.82, 2.24) is 10.6 Å². The largest absolute Gasteiger partial charge is 0.388 e. The predicted molar refractivity (Wildman–Crippen MR) is 125 cm³/mol. The standard InChI is InChI=1S/C19H39N3O2S.HI/c1-5-9-18(23,10-6-2)15-21-17(20-7-3)22-16-19(25-8-4)11-13-24-14-12-19;/h23H,5-16H2,1-4H3,(H2,20,21,22);1H. The number of aliphatic hydroxyl groups is 1. The molecule has 1 rings (SSSR count). The number of hydrogen-bond acceptors (Lipinski definition) is 4. The second-order valence-corrected chi connectivity index (χ2v) is 8.73. The summed E-state index contributed by atoms with van der Waals surface area (Å²) in [4.78, 5) is 4.70. The zero-order chi connectivity index (χ0) is 18.6. The third-order valence-corrected chi connectivity index (χ3v) is 6.19. The number of nitrogens with one attached hydrogen (secondary N) is 2. The van der Waals surface area contributed by atoms with Gasteiger partial charge in [-0.3, -0.25) is 4.99 Å². The lowest BCUT2D eigenvalue weighted by Crippen LogP contribution is -2.48. The number of rotatable bonds is 11. The van der Waals surface area contributed by atoms with Gasteiger partial charge in [-0.15, -0.1) is 24.0 Å². The average molecular weight is 502 g/mol. The van der Waals surface area contributed by atoms with Gasteiger partial charge in [0.25, 0.3) is 0 Å². The van der Waals surface area contributed by atoms with Crippen LogP contribution in [0.1, 0.15) is 66.2 Å². The van der Waals surface area contributed by atoms with Crippen LogP contribution in [-0.4, -0.2) is 60.0 Å². The molecule has 1 aliphatic heterocycles. The lowest BCUT2D eigenvalue weighted by molar-refractivity contribution is 0.0306. The van der Waals surface area contributed by atoms with Crippen LogP contribution in [-0.2, 0) is 4.74 Å². The van der Waals surface area contributed by atoms with Gasteiger partial charge in [-0.2, -0.15) is 11.8 Å². The monoisotopic (exact) mass is 501 g/mol. The number of nitrogens with zero attached hydrogens (tertiary/aromatic N) is 1. The fourth-order valence-corrected chi connectivity index (χ4v) is 4.69. The molecule has 0 unspecified atom stereocenters. The van der Waals surface area contributed by atoms with Gasteiger partial charge >= 0.3 is 0 Å². The van der Waals surface area contributed by atoms with E-state index in [1.54, 1.807) is 0 Å². The van der Waals surface area contributed by atoms with E-state index in [9.17, 15) is 5.11 Å². The van der Waals surface area contributed by atoms with Crippen molar-refractivity contribution in [3.05, 3.63) is 0 Å². The number of guanidine groups is 1. The third kappa shape index (κ3) is 9.46. The molecule has 0 aromatic carbocycles. The minimum Gasteiger partial charge on any atom is -0.388 e. The maximum absolute atomic E-state index is 10.8. The molecule has 0 aliphatic carbocycles. The van der Waals surface area contributed by atoms with Gasteiger partial charge in [0.1, 0.15) is 0 Å². The highest BCUT2D eigenvalue weighted by Gasteiger charge is 2.33. The molecule has 156 valence electrons. The van der Waals surface area contributed by atoms with Crippen molar-refractivity contribution in [3.8, 4) is 0 Å². The van der Waals surface area contributed by atoms with Crippen LogP contribution >= 0.6 is 35.7 Å². The molecule has 26 heavy (non-hydrogen) atoms. The van der Waals surface area contributed by atoms with Crippen molar-refractivity contribution >= 4 is 41.7 Å². The first-order valence-electron chi connectivity index (χ1n) is 9.99. The highest BCUT2D eigenvalue weighted by molar-refractivity contribution is 14.0. The fraction of sp³-hybridized carbons (Fsp3) is 0.947. The molecule has 1 saturated heterocycles. The molecule has 7 heteroatoms. The number of aliphatic imine (C=N–C) groups is 1. The minimum atomic E-state index is -0.680. The van der Waals surface area contributed by atoms with Crippen LogP contribution in [0.4, 0.5) is 0 Å². The van der Waals surface area contributed by atoms with Crippen molar-refractivity contribution in [2.45, 2.75) is 76.6 Å². The number of thioether (sulfide) groups is 1. The number of hydrogen-bond donors (Lipinski definition) is 3. The Labute approximate surface area is 181 Å². The predicted octanol–water partition coefficient (Wildman–Crippen LogP) is 3.79. The van der Waals surface area contributed by atoms with E-state index in [1.165, 1.54) is 0 Å². The Balaban J connectivity index is 0.00000625. The molecule has 0 saturated carbocycles. The SMILES string of the molecule is CCCC(O)(CCC)CN=C(NCC)NCC1(SCC)CCOCC1.I. The van der Waals surface area contributed by atoms with Crippen LogP contribution < -0.4 is 10.6 Å². The van der Waals surface area contributed by atoms with E-state index in [4.69, 9.17) is 9.73 Å². The first kappa shape index (κ1) is 26.3. The Morgan fingerprint density at radius 2 is 1.73 bits per heavy atom. The quantitative estimate of drug-likeness (QED) is 0.228. The van der Waals surface area contributed by atoms with E-state index in [-0.39, 0.29) is 28.7 Å². The van der Waals surface area contributed by atoms with E-state index in [0.717, 1.165) is 76.5 Å². The Hall–Kier alpha value is 0.270. The smallest absolute Gasteiger partial charge is 0.191 e. The van der Waals surface area contributed by atoms with Gasteiger partial charge in [0.2, 0.25) is 0 Å². The summed E-state index contributed by atoms with van der Waals surface area (Å²) in [6, 6.07) is 0. The van der Waals surface area contributed by atoms with E-state index < -0.39 is 5.60 Å². The van der Waals surface area contributed by atoms with Gasteiger partial charge in [-0.25, -0.2) is 0 Å². The third-order valence-electron chi connectivity index (χ3n) is 4.74. The second kappa shape index (κ2) is 14.3. The lowest BCUT2D eigenvalue weighted by atomic mass is 9.93. The first-order chi connectivity index (χ1) is 12.0. The summed E-state index contributed by atoms with van der Waals surface area (Å²) in [5.74, 6) is 1.93. The van der Waals surface area contributed by atoms with E-state index in [2.05, 4.69) is 38.3 Å². The van der Waals surface area contributed by atoms with Gasteiger partial charge in [-0.1, -0.05) is 33.6 Å². The molecule has 0 aromatic heterocycles. The molecule has 1 aliphatic rings. The van der Waals surface area contributed by atoms with Crippen LogP contribution in [0, 0.1) is 0 Å². The van der Waals surface area contributed by atoms with Gasteiger partial charge in [0.15, 0.2) is 5.96 Å². The summed E-state index contributed by atoms with van der Waals surface area (Å²) < 4.78 is 5.78. The van der Waals surface area contributed by atoms with Gasteiger partial charge in [0, 0.05) is 31.1 Å². The normalized spacial score (nSPS) is 17.5. The summed E-state index contributed by atoms with van der Waals surface area (Å²) >= 11 is 2.02. The molecule has 1 heterocycles.